The molecule has 2 bridgehead atoms. The summed E-state index contributed by atoms with van der Waals surface area (Å²) in [4.78, 5) is 2.73. The van der Waals surface area contributed by atoms with Gasteiger partial charge in [-0.2, -0.15) is 0 Å². The van der Waals surface area contributed by atoms with Crippen LogP contribution in [0.2, 0.25) is 0 Å². The van der Waals surface area contributed by atoms with Crippen LogP contribution >= 0.6 is 0 Å². The molecule has 2 aliphatic rings. The van der Waals surface area contributed by atoms with Crippen LogP contribution in [-0.4, -0.2) is 16.5 Å². The third-order valence-electron chi connectivity index (χ3n) is 5.35. The Morgan fingerprint density at radius 1 is 1.17 bits per heavy atom. The minimum absolute atomic E-state index is 0.446. The molecule has 104 valence electrons. The highest BCUT2D eigenvalue weighted by atomic mass is 15.2. The van der Waals surface area contributed by atoms with Gasteiger partial charge in [0.15, 0.2) is 0 Å². The Bertz CT molecular complexity index is 305. The molecule has 0 aromatic rings. The van der Waals surface area contributed by atoms with Crippen LogP contribution in [0.25, 0.3) is 0 Å². The Morgan fingerprint density at radius 3 is 2.67 bits per heavy atom. The molecule has 0 aromatic carbocycles. The summed E-state index contributed by atoms with van der Waals surface area (Å²) < 4.78 is 0. The fourth-order valence-electron chi connectivity index (χ4n) is 3.89. The lowest BCUT2D eigenvalue weighted by Crippen LogP contribution is -2.60. The van der Waals surface area contributed by atoms with Crippen molar-refractivity contribution in [2.75, 3.05) is 0 Å². The normalized spacial score (nSPS) is 35.1. The quantitative estimate of drug-likeness (QED) is 0.625. The molecule has 0 spiro atoms. The van der Waals surface area contributed by atoms with E-state index in [1.165, 1.54) is 51.4 Å². The minimum Gasteiger partial charge on any atom is -0.369 e. The lowest BCUT2D eigenvalue weighted by Gasteiger charge is -2.59. The van der Waals surface area contributed by atoms with Crippen molar-refractivity contribution in [3.05, 3.63) is 12.3 Å². The Balaban J connectivity index is 2.11. The molecule has 18 heavy (non-hydrogen) atoms. The van der Waals surface area contributed by atoms with E-state index in [0.29, 0.717) is 11.0 Å². The van der Waals surface area contributed by atoms with Crippen LogP contribution in [0.4, 0.5) is 0 Å². The third kappa shape index (κ3) is 2.60. The Morgan fingerprint density at radius 2 is 1.94 bits per heavy atom. The summed E-state index contributed by atoms with van der Waals surface area (Å²) in [6.07, 6.45) is 15.7. The molecule has 2 saturated heterocycles. The molecule has 1 heteroatoms. The zero-order valence-corrected chi connectivity index (χ0v) is 12.8. The van der Waals surface area contributed by atoms with Gasteiger partial charge >= 0.3 is 0 Å². The molecule has 0 aliphatic carbocycles. The van der Waals surface area contributed by atoms with E-state index in [0.717, 1.165) is 6.04 Å². The van der Waals surface area contributed by atoms with Gasteiger partial charge in [-0.1, -0.05) is 39.7 Å². The van der Waals surface area contributed by atoms with E-state index in [-0.39, 0.29) is 0 Å². The van der Waals surface area contributed by atoms with Crippen molar-refractivity contribution in [2.45, 2.75) is 90.6 Å². The maximum absolute atomic E-state index is 2.73. The van der Waals surface area contributed by atoms with E-state index in [9.17, 15) is 0 Å². The molecule has 1 nitrogen and oxygen atoms in total. The highest BCUT2D eigenvalue weighted by Gasteiger charge is 2.48. The molecule has 0 aromatic heterocycles. The Hall–Kier alpha value is -0.460. The van der Waals surface area contributed by atoms with E-state index < -0.39 is 0 Å². The van der Waals surface area contributed by atoms with E-state index in [1.54, 1.807) is 0 Å². The largest absolute Gasteiger partial charge is 0.369 e. The van der Waals surface area contributed by atoms with Crippen LogP contribution in [0, 0.1) is 5.41 Å². The van der Waals surface area contributed by atoms with Crippen LogP contribution in [0.5, 0.6) is 0 Å². The molecule has 2 fully saturated rings. The van der Waals surface area contributed by atoms with E-state index in [2.05, 4.69) is 44.9 Å². The molecule has 2 atom stereocenters. The average Bonchev–Trinajstić information content (AvgIpc) is 2.32. The number of rotatable bonds is 4. The summed E-state index contributed by atoms with van der Waals surface area (Å²) >= 11 is 0. The van der Waals surface area contributed by atoms with Gasteiger partial charge < -0.3 is 4.90 Å². The highest BCUT2D eigenvalue weighted by molar-refractivity contribution is 5.08. The monoisotopic (exact) mass is 249 g/mol. The molecule has 2 heterocycles. The molecule has 0 saturated carbocycles. The highest BCUT2D eigenvalue weighted by Crippen LogP contribution is 2.49. The summed E-state index contributed by atoms with van der Waals surface area (Å²) in [5, 5.41) is 0. The second kappa shape index (κ2) is 5.27. The molecule has 0 amide bonds. The molecule has 0 unspecified atom stereocenters. The first-order chi connectivity index (χ1) is 8.49. The maximum Gasteiger partial charge on any atom is 0.0372 e. The van der Waals surface area contributed by atoms with Crippen LogP contribution in [0.15, 0.2) is 12.3 Å². The fraction of sp³-hybridized carbons (Fsp3) is 0.882. The summed E-state index contributed by atoms with van der Waals surface area (Å²) in [6.45, 7) is 9.69. The Kier molecular flexibility index (Phi) is 4.08. The number of unbranched alkanes of at least 4 members (excludes halogenated alkanes) is 2. The number of piperidine rings is 2. The summed E-state index contributed by atoms with van der Waals surface area (Å²) in [7, 11) is 0. The van der Waals surface area contributed by atoms with Crippen molar-refractivity contribution < 1.29 is 0 Å². The van der Waals surface area contributed by atoms with Gasteiger partial charge in [0, 0.05) is 11.6 Å². The predicted octanol–water partition coefficient (Wildman–Crippen LogP) is 5.12. The van der Waals surface area contributed by atoms with Gasteiger partial charge in [-0.05, 0) is 57.1 Å². The van der Waals surface area contributed by atoms with Gasteiger partial charge in [-0.3, -0.25) is 0 Å². The number of allylic oxidation sites excluding steroid dienone is 1. The number of hydrogen-bond acceptors (Lipinski definition) is 1. The van der Waals surface area contributed by atoms with Crippen LogP contribution < -0.4 is 0 Å². The van der Waals surface area contributed by atoms with E-state index in [1.807, 2.05) is 0 Å². The van der Waals surface area contributed by atoms with Gasteiger partial charge in [0.2, 0.25) is 0 Å². The Labute approximate surface area is 114 Å². The zero-order chi connectivity index (χ0) is 13.2. The molecular formula is C17H31N. The van der Waals surface area contributed by atoms with Crippen LogP contribution in [-0.2, 0) is 0 Å². The molecule has 0 radical (unpaired) electrons. The summed E-state index contributed by atoms with van der Waals surface area (Å²) in [5.74, 6) is 0. The average molecular weight is 249 g/mol. The van der Waals surface area contributed by atoms with Gasteiger partial charge in [0.05, 0.1) is 0 Å². The van der Waals surface area contributed by atoms with Crippen molar-refractivity contribution in [3.8, 4) is 0 Å². The van der Waals surface area contributed by atoms with Crippen LogP contribution in [0.1, 0.15) is 79.1 Å². The second-order valence-electron chi connectivity index (χ2n) is 7.33. The van der Waals surface area contributed by atoms with Crippen molar-refractivity contribution in [1.29, 1.82) is 0 Å². The van der Waals surface area contributed by atoms with Crippen LogP contribution in [0.3, 0.4) is 0 Å². The first-order valence-corrected chi connectivity index (χ1v) is 7.95. The lowest BCUT2D eigenvalue weighted by atomic mass is 9.64. The van der Waals surface area contributed by atoms with Crippen molar-refractivity contribution in [2.24, 2.45) is 5.41 Å². The molecule has 0 N–H and O–H groups in total. The number of fused-ring (bicyclic) bond motifs is 2. The smallest absolute Gasteiger partial charge is 0.0372 e. The van der Waals surface area contributed by atoms with Gasteiger partial charge in [0.1, 0.15) is 0 Å². The van der Waals surface area contributed by atoms with E-state index >= 15 is 0 Å². The molecule has 2 aliphatic heterocycles. The van der Waals surface area contributed by atoms with Crippen molar-refractivity contribution in [1.82, 2.24) is 4.90 Å². The fourth-order valence-corrected chi connectivity index (χ4v) is 3.89. The van der Waals surface area contributed by atoms with Crippen molar-refractivity contribution >= 4 is 0 Å². The third-order valence-corrected chi connectivity index (χ3v) is 5.35. The molecule has 2 rings (SSSR count). The minimum atomic E-state index is 0.446. The first kappa shape index (κ1) is 14.0. The zero-order valence-electron chi connectivity index (χ0n) is 12.8. The molecular weight excluding hydrogens is 218 g/mol. The van der Waals surface area contributed by atoms with Crippen molar-refractivity contribution in [3.63, 3.8) is 0 Å². The van der Waals surface area contributed by atoms with E-state index in [4.69, 9.17) is 0 Å². The maximum atomic E-state index is 2.73. The number of hydrogen-bond donors (Lipinski definition) is 0. The second-order valence-corrected chi connectivity index (χ2v) is 7.33. The topological polar surface area (TPSA) is 3.24 Å². The predicted molar refractivity (Wildman–Crippen MR) is 79.6 cm³/mol. The standard InChI is InChI=1S/C17H31N/c1-5-6-7-8-14-18-15-10-9-11-17(18,4)13-12-16(15,2)3/h8,14-15H,5-7,9-13H2,1-4H3/b14-8+/t15-,17+/m1/s1. The van der Waals surface area contributed by atoms with Gasteiger partial charge in [-0.25, -0.2) is 0 Å². The first-order valence-electron chi connectivity index (χ1n) is 7.95. The summed E-state index contributed by atoms with van der Waals surface area (Å²) in [6, 6.07) is 0.767. The number of nitrogens with zero attached hydrogens (tertiary/aromatic N) is 1. The van der Waals surface area contributed by atoms with Gasteiger partial charge in [0.25, 0.3) is 0 Å². The van der Waals surface area contributed by atoms with Gasteiger partial charge in [-0.15, -0.1) is 0 Å². The SMILES string of the molecule is CCCC/C=C/N1[C@@H]2CCC[C@@]1(C)CCC2(C)C. The lowest BCUT2D eigenvalue weighted by molar-refractivity contribution is -0.0576. The summed E-state index contributed by atoms with van der Waals surface area (Å²) in [5.41, 5.74) is 0.941.